The third-order valence-corrected chi connectivity index (χ3v) is 2.15. The summed E-state index contributed by atoms with van der Waals surface area (Å²) in [6, 6.07) is 0. The van der Waals surface area contributed by atoms with Crippen LogP contribution in [0.1, 0.15) is 32.6 Å². The molecule has 0 aliphatic carbocycles. The lowest BCUT2D eigenvalue weighted by atomic mass is 10.2. The van der Waals surface area contributed by atoms with Crippen molar-refractivity contribution in [2.75, 3.05) is 4.43 Å². The van der Waals surface area contributed by atoms with E-state index in [0.29, 0.717) is 12.8 Å². The van der Waals surface area contributed by atoms with Crippen molar-refractivity contribution in [1.29, 1.82) is 0 Å². The fourth-order valence-electron chi connectivity index (χ4n) is 0.671. The minimum absolute atomic E-state index is 0.243. The first-order valence-corrected chi connectivity index (χ1v) is 6.52. The summed E-state index contributed by atoms with van der Waals surface area (Å²) < 4.78 is 68.4. The summed E-state index contributed by atoms with van der Waals surface area (Å²) >= 11 is 2.07. The van der Waals surface area contributed by atoms with Crippen molar-refractivity contribution in [1.82, 2.24) is 0 Å². The van der Waals surface area contributed by atoms with Crippen LogP contribution in [-0.4, -0.2) is 16.8 Å². The van der Waals surface area contributed by atoms with Gasteiger partial charge < -0.3 is 0 Å². The van der Waals surface area contributed by atoms with Gasteiger partial charge in [0.15, 0.2) is 0 Å². The lowest BCUT2D eigenvalue weighted by Crippen LogP contribution is -2.06. The standard InChI is InChI=1S/C5H8F3I.C5H7F3/c6-5(7,8)3-1-2-4-9;1-2-3-4-5(6,7)8/h1-4H2;3-4H,2H2,1H3. The second kappa shape index (κ2) is 10.0. The molecule has 0 saturated carbocycles. The molecule has 0 aromatic heterocycles. The third kappa shape index (κ3) is 25.9. The monoisotopic (exact) mass is 376 g/mol. The average Bonchev–Trinajstić information content (AvgIpc) is 2.13. The minimum Gasteiger partial charge on any atom is -0.171 e. The van der Waals surface area contributed by atoms with Gasteiger partial charge in [0, 0.05) is 12.5 Å². The summed E-state index contributed by atoms with van der Waals surface area (Å²) in [5.41, 5.74) is 0. The predicted molar refractivity (Wildman–Crippen MR) is 64.3 cm³/mol. The van der Waals surface area contributed by atoms with Crippen LogP contribution in [0.4, 0.5) is 26.3 Å². The Labute approximate surface area is 111 Å². The Balaban J connectivity index is 0. The predicted octanol–water partition coefficient (Wildman–Crippen LogP) is 5.67. The van der Waals surface area contributed by atoms with Crippen molar-refractivity contribution in [3.05, 3.63) is 12.2 Å². The molecule has 0 aliphatic rings. The molecule has 0 amide bonds. The van der Waals surface area contributed by atoms with Crippen LogP contribution in [0.25, 0.3) is 0 Å². The van der Waals surface area contributed by atoms with Gasteiger partial charge in [-0.2, -0.15) is 26.3 Å². The summed E-state index contributed by atoms with van der Waals surface area (Å²) in [6.07, 6.45) is -6.02. The molecule has 104 valence electrons. The van der Waals surface area contributed by atoms with E-state index in [9.17, 15) is 26.3 Å². The zero-order valence-corrected chi connectivity index (χ0v) is 11.5. The fourth-order valence-corrected chi connectivity index (χ4v) is 1.21. The molecular formula is C10H15F6I. The number of unbranched alkanes of at least 4 members (excludes halogenated alkanes) is 1. The zero-order chi connectivity index (χ0) is 13.9. The Morgan fingerprint density at radius 1 is 1.00 bits per heavy atom. The molecule has 0 aliphatic heterocycles. The van der Waals surface area contributed by atoms with Gasteiger partial charge in [-0.3, -0.25) is 0 Å². The number of alkyl halides is 7. The molecule has 0 fully saturated rings. The number of allylic oxidation sites excluding steroid dienone is 2. The molecule has 0 heterocycles. The van der Waals surface area contributed by atoms with Crippen LogP contribution in [-0.2, 0) is 0 Å². The van der Waals surface area contributed by atoms with Gasteiger partial charge in [-0.05, 0) is 23.7 Å². The van der Waals surface area contributed by atoms with E-state index in [1.807, 2.05) is 0 Å². The van der Waals surface area contributed by atoms with Crippen molar-refractivity contribution < 1.29 is 26.3 Å². The molecule has 0 N–H and O–H groups in total. The summed E-state index contributed by atoms with van der Waals surface area (Å²) in [5, 5.41) is 0. The van der Waals surface area contributed by atoms with Crippen LogP contribution < -0.4 is 0 Å². The number of halogens is 7. The van der Waals surface area contributed by atoms with E-state index in [-0.39, 0.29) is 12.5 Å². The first-order valence-electron chi connectivity index (χ1n) is 4.99. The Morgan fingerprint density at radius 2 is 1.53 bits per heavy atom. The molecule has 0 bridgehead atoms. The summed E-state index contributed by atoms with van der Waals surface area (Å²) in [7, 11) is 0. The maximum atomic E-state index is 11.4. The van der Waals surface area contributed by atoms with Crippen molar-refractivity contribution in [3.63, 3.8) is 0 Å². The van der Waals surface area contributed by atoms with Crippen LogP contribution in [0, 0.1) is 0 Å². The first kappa shape index (κ1) is 19.4. The number of hydrogen-bond donors (Lipinski definition) is 0. The van der Waals surface area contributed by atoms with Gasteiger partial charge in [0.05, 0.1) is 0 Å². The van der Waals surface area contributed by atoms with Crippen LogP contribution in [0.15, 0.2) is 12.2 Å². The SMILES string of the molecule is CCC=CC(F)(F)F.FC(F)(F)CCCCI. The lowest BCUT2D eigenvalue weighted by molar-refractivity contribution is -0.135. The van der Waals surface area contributed by atoms with Crippen LogP contribution >= 0.6 is 22.6 Å². The molecule has 0 spiro atoms. The van der Waals surface area contributed by atoms with E-state index in [0.717, 1.165) is 10.5 Å². The molecule has 0 nitrogen and oxygen atoms in total. The summed E-state index contributed by atoms with van der Waals surface area (Å²) in [4.78, 5) is 0. The highest BCUT2D eigenvalue weighted by atomic mass is 127. The van der Waals surface area contributed by atoms with Gasteiger partial charge in [-0.1, -0.05) is 35.6 Å². The van der Waals surface area contributed by atoms with Crippen LogP contribution in [0.2, 0.25) is 0 Å². The van der Waals surface area contributed by atoms with Gasteiger partial charge in [-0.25, -0.2) is 0 Å². The number of hydrogen-bond acceptors (Lipinski definition) is 0. The van der Waals surface area contributed by atoms with Crippen molar-refractivity contribution in [2.45, 2.75) is 45.0 Å². The quantitative estimate of drug-likeness (QED) is 0.195. The number of rotatable bonds is 4. The van der Waals surface area contributed by atoms with E-state index in [2.05, 4.69) is 22.6 Å². The largest absolute Gasteiger partial charge is 0.409 e. The van der Waals surface area contributed by atoms with E-state index in [1.54, 1.807) is 6.92 Å². The van der Waals surface area contributed by atoms with Crippen LogP contribution in [0.5, 0.6) is 0 Å². The molecule has 7 heteroatoms. The summed E-state index contributed by atoms with van der Waals surface area (Å²) in [6.45, 7) is 1.66. The minimum atomic E-state index is -4.13. The van der Waals surface area contributed by atoms with Gasteiger partial charge in [0.1, 0.15) is 0 Å². The second-order valence-electron chi connectivity index (χ2n) is 3.11. The maximum Gasteiger partial charge on any atom is 0.409 e. The van der Waals surface area contributed by atoms with Crippen molar-refractivity contribution in [3.8, 4) is 0 Å². The second-order valence-corrected chi connectivity index (χ2v) is 4.19. The van der Waals surface area contributed by atoms with E-state index < -0.39 is 18.8 Å². The molecule has 0 aromatic carbocycles. The Bertz CT molecular complexity index is 194. The van der Waals surface area contributed by atoms with Crippen molar-refractivity contribution in [2.24, 2.45) is 0 Å². The van der Waals surface area contributed by atoms with Crippen molar-refractivity contribution >= 4 is 22.6 Å². The van der Waals surface area contributed by atoms with Gasteiger partial charge >= 0.3 is 12.4 Å². The van der Waals surface area contributed by atoms with Crippen LogP contribution in [0.3, 0.4) is 0 Å². The summed E-state index contributed by atoms with van der Waals surface area (Å²) in [5.74, 6) is 0. The average molecular weight is 376 g/mol. The molecule has 0 aromatic rings. The third-order valence-electron chi connectivity index (χ3n) is 1.39. The molecule has 0 atom stereocenters. The van der Waals surface area contributed by atoms with E-state index in [4.69, 9.17) is 0 Å². The Morgan fingerprint density at radius 3 is 1.76 bits per heavy atom. The highest BCUT2D eigenvalue weighted by Gasteiger charge is 2.25. The zero-order valence-electron chi connectivity index (χ0n) is 9.34. The molecular weight excluding hydrogens is 361 g/mol. The fraction of sp³-hybridized carbons (Fsp3) is 0.800. The smallest absolute Gasteiger partial charge is 0.171 e. The molecule has 0 unspecified atom stereocenters. The topological polar surface area (TPSA) is 0 Å². The van der Waals surface area contributed by atoms with Gasteiger partial charge in [0.25, 0.3) is 0 Å². The lowest BCUT2D eigenvalue weighted by Gasteiger charge is -2.02. The maximum absolute atomic E-state index is 11.4. The molecule has 0 rings (SSSR count). The highest BCUT2D eigenvalue weighted by Crippen LogP contribution is 2.22. The molecule has 0 saturated heterocycles. The van der Waals surface area contributed by atoms with Gasteiger partial charge in [0.2, 0.25) is 0 Å². The molecule has 0 radical (unpaired) electrons. The normalized spacial score (nSPS) is 12.5. The Hall–Kier alpha value is 0.0500. The van der Waals surface area contributed by atoms with Gasteiger partial charge in [-0.15, -0.1) is 0 Å². The Kier molecular flexibility index (Phi) is 11.4. The van der Waals surface area contributed by atoms with E-state index in [1.165, 1.54) is 0 Å². The van der Waals surface area contributed by atoms with E-state index >= 15 is 0 Å². The first-order chi connectivity index (χ1) is 7.62. The molecule has 17 heavy (non-hydrogen) atoms. The highest BCUT2D eigenvalue weighted by molar-refractivity contribution is 14.1.